The third-order valence-electron chi connectivity index (χ3n) is 5.09. The highest BCUT2D eigenvalue weighted by molar-refractivity contribution is 6.60. The van der Waals surface area contributed by atoms with Gasteiger partial charge in [-0.3, -0.25) is 0 Å². The van der Waals surface area contributed by atoms with Gasteiger partial charge in [-0.25, -0.2) is 18.6 Å². The Morgan fingerprint density at radius 3 is 1.48 bits per heavy atom. The SMILES string of the molecule is CCC[N+](CC)(CC)CCCCCCC[Si](OC)(OC)OC.[O-][Cl+3]([O-])([O-])[O-]. The minimum Gasteiger partial charge on any atom is -0.377 e. The average molecular weight is 434 g/mol. The van der Waals surface area contributed by atoms with Gasteiger partial charge in [0.15, 0.2) is 0 Å². The second-order valence-electron chi connectivity index (χ2n) is 6.61. The Labute approximate surface area is 168 Å². The van der Waals surface area contributed by atoms with E-state index >= 15 is 0 Å². The van der Waals surface area contributed by atoms with E-state index in [0.717, 1.165) is 12.5 Å². The lowest BCUT2D eigenvalue weighted by Crippen LogP contribution is -2.68. The van der Waals surface area contributed by atoms with Crippen molar-refractivity contribution in [1.29, 1.82) is 0 Å². The highest BCUT2D eigenvalue weighted by Crippen LogP contribution is 2.18. The molecule has 0 aliphatic carbocycles. The molecule has 0 saturated carbocycles. The standard InChI is InChI=1S/C17H40NO3Si.ClHO4/c1-7-15-18(8-2,9-3)16-13-11-10-12-14-17-22(19-4,20-5)21-6;2-1(3,4)5/h7-17H2,1-6H3;(H,2,3,4,5)/q+1;/p-1. The zero-order valence-electron chi connectivity index (χ0n) is 18.0. The van der Waals surface area contributed by atoms with Gasteiger partial charge in [0.1, 0.15) is 0 Å². The first-order chi connectivity index (χ1) is 12.6. The van der Waals surface area contributed by atoms with Gasteiger partial charge in [-0.05, 0) is 39.5 Å². The molecule has 0 aliphatic heterocycles. The monoisotopic (exact) mass is 433 g/mol. The molecule has 0 aromatic heterocycles. The summed E-state index contributed by atoms with van der Waals surface area (Å²) in [6.07, 6.45) is 7.67. The largest absolute Gasteiger partial charge is 0.500 e. The van der Waals surface area contributed by atoms with Crippen LogP contribution in [0.4, 0.5) is 0 Å². The Morgan fingerprint density at radius 1 is 0.704 bits per heavy atom. The molecule has 166 valence electrons. The molecule has 0 bridgehead atoms. The number of rotatable bonds is 15. The van der Waals surface area contributed by atoms with E-state index in [0.29, 0.717) is 0 Å². The smallest absolute Gasteiger partial charge is 0.377 e. The quantitative estimate of drug-likeness (QED) is 0.191. The van der Waals surface area contributed by atoms with E-state index in [1.54, 1.807) is 21.3 Å². The molecular formula is C17H40ClNO7Si. The molecule has 0 spiro atoms. The summed E-state index contributed by atoms with van der Waals surface area (Å²) in [7, 11) is -2.20. The van der Waals surface area contributed by atoms with E-state index < -0.39 is 19.0 Å². The summed E-state index contributed by atoms with van der Waals surface area (Å²) in [6.45, 7) is 12.2. The molecule has 0 aromatic carbocycles. The maximum atomic E-state index is 8.49. The fraction of sp³-hybridized carbons (Fsp3) is 1.00. The lowest BCUT2D eigenvalue weighted by atomic mass is 10.1. The van der Waals surface area contributed by atoms with Gasteiger partial charge in [-0.2, -0.15) is 0 Å². The van der Waals surface area contributed by atoms with Crippen LogP contribution in [0.1, 0.15) is 59.3 Å². The van der Waals surface area contributed by atoms with Crippen LogP contribution in [0.5, 0.6) is 0 Å². The summed E-state index contributed by atoms with van der Waals surface area (Å²) < 4.78 is 51.6. The summed E-state index contributed by atoms with van der Waals surface area (Å²) in [5.74, 6) is 0. The Hall–Kier alpha value is 0.187. The van der Waals surface area contributed by atoms with E-state index in [1.165, 1.54) is 62.8 Å². The molecule has 0 N–H and O–H groups in total. The van der Waals surface area contributed by atoms with Gasteiger partial charge in [0.25, 0.3) is 0 Å². The van der Waals surface area contributed by atoms with Crippen LogP contribution in [0.3, 0.4) is 0 Å². The van der Waals surface area contributed by atoms with Crippen molar-refractivity contribution in [2.75, 3.05) is 47.5 Å². The molecule has 27 heavy (non-hydrogen) atoms. The minimum absolute atomic E-state index is 0.927. The van der Waals surface area contributed by atoms with E-state index in [9.17, 15) is 0 Å². The third kappa shape index (κ3) is 15.8. The van der Waals surface area contributed by atoms with Crippen LogP contribution in [-0.4, -0.2) is 60.8 Å². The van der Waals surface area contributed by atoms with Crippen LogP contribution in [0.15, 0.2) is 0 Å². The number of nitrogens with zero attached hydrogens (tertiary/aromatic N) is 1. The third-order valence-corrected chi connectivity index (χ3v) is 7.92. The van der Waals surface area contributed by atoms with Crippen molar-refractivity contribution < 1.29 is 46.6 Å². The van der Waals surface area contributed by atoms with E-state index in [-0.39, 0.29) is 0 Å². The van der Waals surface area contributed by atoms with Crippen molar-refractivity contribution in [3.8, 4) is 0 Å². The zero-order chi connectivity index (χ0) is 21.4. The first-order valence-corrected chi connectivity index (χ1v) is 12.9. The Kier molecular flexibility index (Phi) is 17.5. The normalized spacial score (nSPS) is 12.7. The molecule has 0 unspecified atom stereocenters. The molecule has 0 radical (unpaired) electrons. The van der Waals surface area contributed by atoms with Gasteiger partial charge in [0.05, 0.1) is 26.2 Å². The highest BCUT2D eigenvalue weighted by Gasteiger charge is 2.36. The zero-order valence-corrected chi connectivity index (χ0v) is 19.7. The van der Waals surface area contributed by atoms with Crippen LogP contribution >= 0.6 is 0 Å². The second kappa shape index (κ2) is 16.0. The van der Waals surface area contributed by atoms with Gasteiger partial charge in [-0.15, -0.1) is 10.2 Å². The fourth-order valence-corrected chi connectivity index (χ4v) is 5.11. The van der Waals surface area contributed by atoms with E-state index in [1.807, 2.05) is 0 Å². The molecule has 0 rings (SSSR count). The number of hydrogen-bond acceptors (Lipinski definition) is 7. The summed E-state index contributed by atoms with van der Waals surface area (Å²) in [5.41, 5.74) is 0. The average Bonchev–Trinajstić information content (AvgIpc) is 2.62. The fourth-order valence-electron chi connectivity index (χ4n) is 3.32. The molecule has 0 aromatic rings. The van der Waals surface area contributed by atoms with Gasteiger partial charge in [0.2, 0.25) is 0 Å². The summed E-state index contributed by atoms with van der Waals surface area (Å²) in [6, 6.07) is 0.927. The topological polar surface area (TPSA) is 120 Å². The molecule has 10 heteroatoms. The maximum Gasteiger partial charge on any atom is 0.500 e. The lowest BCUT2D eigenvalue weighted by Gasteiger charge is -2.36. The lowest BCUT2D eigenvalue weighted by molar-refractivity contribution is -2.00. The molecule has 0 heterocycles. The van der Waals surface area contributed by atoms with E-state index in [2.05, 4.69) is 20.8 Å². The first-order valence-electron chi connectivity index (χ1n) is 9.69. The van der Waals surface area contributed by atoms with Gasteiger partial charge in [-0.1, -0.05) is 19.8 Å². The molecular weight excluding hydrogens is 394 g/mol. The predicted molar refractivity (Wildman–Crippen MR) is 96.0 cm³/mol. The van der Waals surface area contributed by atoms with Crippen molar-refractivity contribution in [1.82, 2.24) is 0 Å². The summed E-state index contributed by atoms with van der Waals surface area (Å²) in [5, 5.41) is 0. The van der Waals surface area contributed by atoms with Crippen LogP contribution in [0, 0.1) is 10.2 Å². The van der Waals surface area contributed by atoms with Crippen LogP contribution in [-0.2, 0) is 13.3 Å². The van der Waals surface area contributed by atoms with Gasteiger partial charge >= 0.3 is 8.80 Å². The van der Waals surface area contributed by atoms with E-state index in [4.69, 9.17) is 31.9 Å². The number of unbranched alkanes of at least 4 members (excludes halogenated alkanes) is 4. The van der Waals surface area contributed by atoms with Crippen LogP contribution in [0.2, 0.25) is 6.04 Å². The Morgan fingerprint density at radius 2 is 1.11 bits per heavy atom. The van der Waals surface area contributed by atoms with Crippen molar-refractivity contribution in [2.24, 2.45) is 0 Å². The second-order valence-corrected chi connectivity index (χ2v) is 10.5. The minimum atomic E-state index is -4.94. The Balaban J connectivity index is 0. The number of halogens is 1. The first kappa shape index (κ1) is 29.4. The molecule has 0 amide bonds. The molecule has 8 nitrogen and oxygen atoms in total. The molecule has 0 aliphatic rings. The number of hydrogen-bond donors (Lipinski definition) is 0. The Bertz CT molecular complexity index is 323. The van der Waals surface area contributed by atoms with Crippen molar-refractivity contribution in [3.05, 3.63) is 0 Å². The van der Waals surface area contributed by atoms with Crippen molar-refractivity contribution in [3.63, 3.8) is 0 Å². The van der Waals surface area contributed by atoms with Crippen LogP contribution < -0.4 is 18.6 Å². The maximum absolute atomic E-state index is 8.49. The predicted octanol–water partition coefficient (Wildman–Crippen LogP) is -0.674. The highest BCUT2D eigenvalue weighted by atomic mass is 35.7. The molecule has 0 saturated heterocycles. The van der Waals surface area contributed by atoms with Crippen LogP contribution in [0.25, 0.3) is 0 Å². The summed E-state index contributed by atoms with van der Waals surface area (Å²) >= 11 is 0. The van der Waals surface area contributed by atoms with Gasteiger partial charge < -0.3 is 17.8 Å². The summed E-state index contributed by atoms with van der Waals surface area (Å²) in [4.78, 5) is 0. The van der Waals surface area contributed by atoms with Crippen molar-refractivity contribution in [2.45, 2.75) is 65.3 Å². The van der Waals surface area contributed by atoms with Gasteiger partial charge in [0, 0.05) is 27.4 Å². The molecule has 0 atom stereocenters. The number of quaternary nitrogens is 1. The van der Waals surface area contributed by atoms with Crippen molar-refractivity contribution >= 4 is 8.80 Å². The molecule has 0 fully saturated rings.